The first-order valence-corrected chi connectivity index (χ1v) is 21.4. The maximum Gasteiger partial charge on any atom is 0.232 e. The Morgan fingerprint density at radius 1 is 0.620 bits per heavy atom. The highest BCUT2D eigenvalue weighted by molar-refractivity contribution is 7.92. The Hall–Kier alpha value is -3.13. The molecule has 0 aliphatic heterocycles. The number of Topliss-reactive ketones (excluding diaryl/α,β-unsaturated/α-hetero) is 1. The van der Waals surface area contributed by atoms with Crippen molar-refractivity contribution in [2.24, 2.45) is 0 Å². The molecule has 0 saturated carbocycles. The molecule has 8 heteroatoms. The average molecular weight is 709 g/mol. The fourth-order valence-corrected chi connectivity index (χ4v) is 7.90. The van der Waals surface area contributed by atoms with Gasteiger partial charge in [-0.15, -0.1) is 0 Å². The summed E-state index contributed by atoms with van der Waals surface area (Å²) in [4.78, 5) is 26.2. The van der Waals surface area contributed by atoms with Crippen LogP contribution in [0.3, 0.4) is 0 Å². The predicted octanol–water partition coefficient (Wildman–Crippen LogP) is 10.8. The summed E-state index contributed by atoms with van der Waals surface area (Å²) in [5.41, 5.74) is 2.85. The van der Waals surface area contributed by atoms with Crippen molar-refractivity contribution in [3.8, 4) is 0 Å². The van der Waals surface area contributed by atoms with Crippen molar-refractivity contribution in [2.75, 3.05) is 17.0 Å². The Bertz CT molecular complexity index is 1470. The fraction of sp³-hybridized carbons (Fsp3) is 0.619. The summed E-state index contributed by atoms with van der Waals surface area (Å²) in [6, 6.07) is 6.42. The molecule has 0 fully saturated rings. The number of carbonyl (C=O) groups excluding carboxylic acids is 2. The number of sulfonamides is 1. The largest absolute Gasteiger partial charge is 0.506 e. The topological polar surface area (TPSA) is 113 Å². The van der Waals surface area contributed by atoms with Gasteiger partial charge in [0.05, 0.1) is 16.9 Å². The summed E-state index contributed by atoms with van der Waals surface area (Å²) in [6.45, 7) is 7.15. The third-order valence-electron chi connectivity index (χ3n) is 9.83. The second kappa shape index (κ2) is 22.6. The first-order chi connectivity index (χ1) is 24.2. The minimum atomic E-state index is -3.49. The van der Waals surface area contributed by atoms with Gasteiger partial charge in [-0.2, -0.15) is 0 Å². The first kappa shape index (κ1) is 41.3. The second-order valence-electron chi connectivity index (χ2n) is 14.2. The number of aliphatic hydroxyl groups excluding tert-OH is 1. The van der Waals surface area contributed by atoms with Crippen LogP contribution in [-0.4, -0.2) is 37.4 Å². The van der Waals surface area contributed by atoms with Crippen LogP contribution in [0.4, 0.5) is 5.69 Å². The fourth-order valence-electron chi connectivity index (χ4n) is 6.72. The molecule has 50 heavy (non-hydrogen) atoms. The molecule has 1 aromatic rings. The number of rotatable bonds is 27. The number of carbonyl (C=O) groups is 2. The Morgan fingerprint density at radius 2 is 1.10 bits per heavy atom. The highest BCUT2D eigenvalue weighted by atomic mass is 32.2. The van der Waals surface area contributed by atoms with Gasteiger partial charge in [0.15, 0.2) is 5.78 Å². The quantitative estimate of drug-likeness (QED) is 0.0619. The molecule has 0 amide bonds. The zero-order valence-electron chi connectivity index (χ0n) is 31.2. The number of allylic oxidation sites excluding steroid dienone is 6. The molecule has 0 atom stereocenters. The maximum absolute atomic E-state index is 13.2. The summed E-state index contributed by atoms with van der Waals surface area (Å²) in [5.74, 6) is -0.839. The first-order valence-electron chi connectivity index (χ1n) is 19.7. The minimum Gasteiger partial charge on any atom is -0.506 e. The number of unbranched alkanes of at least 4 members (excludes halogenated alkanes) is 19. The lowest BCUT2D eigenvalue weighted by atomic mass is 9.78. The van der Waals surface area contributed by atoms with E-state index in [2.05, 4.69) is 23.9 Å². The molecular formula is C42H64N2O5S. The molecule has 0 saturated heterocycles. The molecule has 3 N–H and O–H groups in total. The maximum atomic E-state index is 13.2. The lowest BCUT2D eigenvalue weighted by molar-refractivity contribution is -0.114. The number of benzene rings is 1. The Kier molecular flexibility index (Phi) is 18.7. The second-order valence-corrected chi connectivity index (χ2v) is 16.1. The van der Waals surface area contributed by atoms with E-state index in [0.717, 1.165) is 49.9 Å². The van der Waals surface area contributed by atoms with Crippen LogP contribution in [0.2, 0.25) is 0 Å². The van der Waals surface area contributed by atoms with Crippen LogP contribution < -0.4 is 10.0 Å². The van der Waals surface area contributed by atoms with E-state index in [1.54, 1.807) is 30.3 Å². The van der Waals surface area contributed by atoms with Crippen molar-refractivity contribution < 1.29 is 23.1 Å². The Morgan fingerprint density at radius 3 is 1.60 bits per heavy atom. The molecule has 2 aliphatic carbocycles. The molecule has 0 radical (unpaired) electrons. The van der Waals surface area contributed by atoms with Gasteiger partial charge in [-0.1, -0.05) is 148 Å². The van der Waals surface area contributed by atoms with Crippen LogP contribution in [0.15, 0.2) is 64.6 Å². The van der Waals surface area contributed by atoms with Crippen molar-refractivity contribution in [3.05, 3.63) is 70.2 Å². The van der Waals surface area contributed by atoms with E-state index < -0.39 is 15.8 Å². The Labute approximate surface area is 303 Å². The lowest BCUT2D eigenvalue weighted by Crippen LogP contribution is -2.27. The summed E-state index contributed by atoms with van der Waals surface area (Å²) < 4.78 is 27.9. The van der Waals surface area contributed by atoms with Gasteiger partial charge in [0.2, 0.25) is 15.8 Å². The zero-order valence-corrected chi connectivity index (χ0v) is 32.0. The monoisotopic (exact) mass is 708 g/mol. The van der Waals surface area contributed by atoms with Gasteiger partial charge in [-0.25, -0.2) is 8.42 Å². The van der Waals surface area contributed by atoms with Crippen molar-refractivity contribution in [2.45, 2.75) is 156 Å². The van der Waals surface area contributed by atoms with Crippen LogP contribution >= 0.6 is 0 Å². The van der Waals surface area contributed by atoms with Crippen LogP contribution in [0.5, 0.6) is 0 Å². The van der Waals surface area contributed by atoms with Gasteiger partial charge < -0.3 is 10.4 Å². The van der Waals surface area contributed by atoms with Gasteiger partial charge in [0.1, 0.15) is 5.76 Å². The molecule has 3 rings (SSSR count). The normalized spacial score (nSPS) is 16.4. The van der Waals surface area contributed by atoms with E-state index in [1.807, 2.05) is 6.92 Å². The van der Waals surface area contributed by atoms with Crippen molar-refractivity contribution in [1.82, 2.24) is 5.32 Å². The van der Waals surface area contributed by atoms with E-state index in [9.17, 15) is 23.1 Å². The summed E-state index contributed by atoms with van der Waals surface area (Å²) >= 11 is 0. The molecule has 0 spiro atoms. The van der Waals surface area contributed by atoms with Gasteiger partial charge in [-0.05, 0) is 49.1 Å². The van der Waals surface area contributed by atoms with E-state index in [0.29, 0.717) is 17.7 Å². The number of hydrogen-bond donors (Lipinski definition) is 3. The number of anilines is 1. The number of nitrogens with one attached hydrogen (secondary N) is 2. The number of aliphatic hydroxyl groups is 1. The van der Waals surface area contributed by atoms with Crippen molar-refractivity contribution >= 4 is 32.9 Å². The zero-order chi connectivity index (χ0) is 36.2. The van der Waals surface area contributed by atoms with Crippen molar-refractivity contribution in [1.29, 1.82) is 0 Å². The van der Waals surface area contributed by atoms with Gasteiger partial charge >= 0.3 is 0 Å². The summed E-state index contributed by atoms with van der Waals surface area (Å²) in [6.07, 6.45) is 28.6. The summed E-state index contributed by atoms with van der Waals surface area (Å²) in [7, 11) is -3.49. The number of hydrogen-bond acceptors (Lipinski definition) is 6. The number of ketones is 2. The molecule has 7 nitrogen and oxygen atoms in total. The third-order valence-corrected chi connectivity index (χ3v) is 11.2. The average Bonchev–Trinajstić information content (AvgIpc) is 3.09. The molecule has 0 heterocycles. The molecule has 2 aliphatic rings. The third kappa shape index (κ3) is 13.9. The van der Waals surface area contributed by atoms with Crippen LogP contribution in [-0.2, 0) is 19.6 Å². The van der Waals surface area contributed by atoms with E-state index in [1.165, 1.54) is 102 Å². The van der Waals surface area contributed by atoms with Gasteiger partial charge in [0, 0.05) is 29.6 Å². The van der Waals surface area contributed by atoms with Crippen LogP contribution in [0.1, 0.15) is 161 Å². The SMILES string of the molecule is CCCCCCCCCCCCCNC1=CC(=O)C(=C2C(=O)C(c3ccc(NS(=O)(=O)CCCCCCCCCCCC)cc3)=C2O)C=C1C. The molecule has 1 aromatic carbocycles. The molecule has 0 aromatic heterocycles. The highest BCUT2D eigenvalue weighted by Gasteiger charge is 2.38. The lowest BCUT2D eigenvalue weighted by Gasteiger charge is -2.25. The molecule has 0 bridgehead atoms. The van der Waals surface area contributed by atoms with Crippen LogP contribution in [0.25, 0.3) is 5.57 Å². The van der Waals surface area contributed by atoms with Crippen LogP contribution in [0, 0.1) is 0 Å². The summed E-state index contributed by atoms with van der Waals surface area (Å²) in [5, 5.41) is 14.3. The van der Waals surface area contributed by atoms with Gasteiger partial charge in [0.25, 0.3) is 0 Å². The Balaban J connectivity index is 1.42. The smallest absolute Gasteiger partial charge is 0.232 e. The highest BCUT2D eigenvalue weighted by Crippen LogP contribution is 2.40. The van der Waals surface area contributed by atoms with E-state index in [4.69, 9.17) is 0 Å². The van der Waals surface area contributed by atoms with E-state index >= 15 is 0 Å². The standard InChI is InChI=1S/C42H64N2O5S/c1-4-6-8-10-12-14-16-17-19-21-23-29-43-37-32-38(45)36(31-33(37)3)40-41(46)39(42(40)47)34-25-27-35(28-26-34)44-50(48,49)30-24-22-20-18-15-13-11-9-7-5-2/h25-28,31-32,43-44,46H,4-24,29-30H2,1-3H3. The predicted molar refractivity (Wildman–Crippen MR) is 209 cm³/mol. The van der Waals surface area contributed by atoms with Crippen molar-refractivity contribution in [3.63, 3.8) is 0 Å². The molecular weight excluding hydrogens is 645 g/mol. The van der Waals surface area contributed by atoms with E-state index in [-0.39, 0.29) is 34.0 Å². The minimum absolute atomic E-state index is 0.0336. The molecule has 278 valence electrons. The van der Waals surface area contributed by atoms with Gasteiger partial charge in [-0.3, -0.25) is 14.3 Å². The molecule has 0 unspecified atom stereocenters.